The van der Waals surface area contributed by atoms with Gasteiger partial charge in [-0.3, -0.25) is 10.1 Å². The molecule has 6 nitrogen and oxygen atoms in total. The van der Waals surface area contributed by atoms with Crippen LogP contribution in [0.4, 0.5) is 11.7 Å². The van der Waals surface area contributed by atoms with Gasteiger partial charge in [-0.1, -0.05) is 0 Å². The lowest BCUT2D eigenvalue weighted by atomic mass is 10.3. The average Bonchev–Trinajstić information content (AvgIpc) is 3.04. The summed E-state index contributed by atoms with van der Waals surface area (Å²) in [5.41, 5.74) is 1.10. The van der Waals surface area contributed by atoms with Crippen LogP contribution in [0.25, 0.3) is 11.1 Å². The van der Waals surface area contributed by atoms with E-state index in [2.05, 4.69) is 10.3 Å². The van der Waals surface area contributed by atoms with E-state index in [9.17, 15) is 10.1 Å². The molecular weight excluding hydrogens is 222 g/mol. The quantitative estimate of drug-likeness (QED) is 0.648. The molecule has 0 spiro atoms. The lowest BCUT2D eigenvalue weighted by Crippen LogP contribution is -2.02. The zero-order valence-electron chi connectivity index (χ0n) is 9.05. The van der Waals surface area contributed by atoms with Crippen molar-refractivity contribution in [3.8, 4) is 0 Å². The molecule has 0 atom stereocenters. The number of hydrogen-bond acceptors (Lipinski definition) is 5. The lowest BCUT2D eigenvalue weighted by molar-refractivity contribution is -0.384. The van der Waals surface area contributed by atoms with Crippen LogP contribution in [0.15, 0.2) is 22.6 Å². The molecule has 0 unspecified atom stereocenters. The minimum Gasteiger partial charge on any atom is -0.424 e. The zero-order chi connectivity index (χ0) is 11.8. The summed E-state index contributed by atoms with van der Waals surface area (Å²) in [4.78, 5) is 14.3. The number of anilines is 1. The molecule has 0 aliphatic heterocycles. The largest absolute Gasteiger partial charge is 0.424 e. The third-order valence-electron chi connectivity index (χ3n) is 2.82. The Labute approximate surface area is 96.8 Å². The molecule has 3 rings (SSSR count). The van der Waals surface area contributed by atoms with E-state index >= 15 is 0 Å². The van der Waals surface area contributed by atoms with Crippen LogP contribution in [-0.2, 0) is 0 Å². The molecule has 1 aliphatic rings. The maximum absolute atomic E-state index is 10.6. The Morgan fingerprint density at radius 1 is 1.53 bits per heavy atom. The number of aromatic nitrogens is 1. The van der Waals surface area contributed by atoms with E-state index in [1.807, 2.05) is 0 Å². The van der Waals surface area contributed by atoms with Crippen LogP contribution in [-0.4, -0.2) is 16.5 Å². The summed E-state index contributed by atoms with van der Waals surface area (Å²) in [6.45, 7) is 0.856. The third kappa shape index (κ3) is 2.06. The minimum atomic E-state index is -0.439. The molecule has 0 bridgehead atoms. The molecule has 1 N–H and O–H groups in total. The second-order valence-corrected chi connectivity index (χ2v) is 4.25. The van der Waals surface area contributed by atoms with E-state index in [0.717, 1.165) is 12.5 Å². The van der Waals surface area contributed by atoms with Crippen molar-refractivity contribution in [2.45, 2.75) is 12.8 Å². The Morgan fingerprint density at radius 3 is 3.06 bits per heavy atom. The van der Waals surface area contributed by atoms with Gasteiger partial charge in [0.25, 0.3) is 11.7 Å². The SMILES string of the molecule is O=[N+]([O-])c1ccc2oc(NCC3CC3)nc2c1. The molecule has 0 saturated heterocycles. The molecule has 1 aromatic carbocycles. The monoisotopic (exact) mass is 233 g/mol. The molecule has 0 amide bonds. The van der Waals surface area contributed by atoms with Crippen LogP contribution in [0.2, 0.25) is 0 Å². The van der Waals surface area contributed by atoms with Gasteiger partial charge in [-0.2, -0.15) is 4.98 Å². The van der Waals surface area contributed by atoms with Crippen molar-refractivity contribution in [3.63, 3.8) is 0 Å². The number of rotatable bonds is 4. The van der Waals surface area contributed by atoms with Gasteiger partial charge in [-0.15, -0.1) is 0 Å². The normalized spacial score (nSPS) is 15.1. The van der Waals surface area contributed by atoms with Gasteiger partial charge in [0.2, 0.25) is 0 Å². The van der Waals surface area contributed by atoms with E-state index < -0.39 is 4.92 Å². The Hall–Kier alpha value is -2.11. The summed E-state index contributed by atoms with van der Waals surface area (Å²) in [5.74, 6) is 0.722. The number of fused-ring (bicyclic) bond motifs is 1. The first-order valence-corrected chi connectivity index (χ1v) is 5.51. The summed E-state index contributed by atoms with van der Waals surface area (Å²) < 4.78 is 5.44. The second-order valence-electron chi connectivity index (χ2n) is 4.25. The minimum absolute atomic E-state index is 0.0274. The van der Waals surface area contributed by atoms with Crippen LogP contribution >= 0.6 is 0 Å². The summed E-state index contributed by atoms with van der Waals surface area (Å²) in [7, 11) is 0. The number of nitro benzene ring substituents is 1. The molecular formula is C11H11N3O3. The van der Waals surface area contributed by atoms with E-state index in [1.54, 1.807) is 6.07 Å². The van der Waals surface area contributed by atoms with E-state index in [4.69, 9.17) is 4.42 Å². The fourth-order valence-corrected chi connectivity index (χ4v) is 1.66. The molecule has 6 heteroatoms. The third-order valence-corrected chi connectivity index (χ3v) is 2.82. The molecule has 1 saturated carbocycles. The molecule has 1 heterocycles. The fraction of sp³-hybridized carbons (Fsp3) is 0.364. The predicted molar refractivity (Wildman–Crippen MR) is 61.9 cm³/mol. The smallest absolute Gasteiger partial charge is 0.295 e. The van der Waals surface area contributed by atoms with E-state index in [-0.39, 0.29) is 5.69 Å². The van der Waals surface area contributed by atoms with Crippen molar-refractivity contribution in [1.82, 2.24) is 4.98 Å². The first-order valence-electron chi connectivity index (χ1n) is 5.51. The van der Waals surface area contributed by atoms with Crippen molar-refractivity contribution in [2.75, 3.05) is 11.9 Å². The maximum Gasteiger partial charge on any atom is 0.295 e. The van der Waals surface area contributed by atoms with Crippen LogP contribution < -0.4 is 5.32 Å². The zero-order valence-corrected chi connectivity index (χ0v) is 9.05. The number of nitrogens with one attached hydrogen (secondary N) is 1. The number of oxazole rings is 1. The van der Waals surface area contributed by atoms with E-state index in [1.165, 1.54) is 25.0 Å². The highest BCUT2D eigenvalue weighted by atomic mass is 16.6. The predicted octanol–water partition coefficient (Wildman–Crippen LogP) is 2.56. The van der Waals surface area contributed by atoms with Gasteiger partial charge >= 0.3 is 0 Å². The van der Waals surface area contributed by atoms with Crippen LogP contribution in [0.3, 0.4) is 0 Å². The molecule has 17 heavy (non-hydrogen) atoms. The first kappa shape index (κ1) is 10.1. The number of non-ortho nitro benzene ring substituents is 1. The number of hydrogen-bond donors (Lipinski definition) is 1. The van der Waals surface area contributed by atoms with Crippen molar-refractivity contribution in [2.24, 2.45) is 5.92 Å². The molecule has 0 radical (unpaired) electrons. The molecule has 1 aromatic heterocycles. The Bertz CT molecular complexity index is 574. The molecule has 1 fully saturated rings. The van der Waals surface area contributed by atoms with Crippen LogP contribution in [0.5, 0.6) is 0 Å². The van der Waals surface area contributed by atoms with Crippen molar-refractivity contribution in [1.29, 1.82) is 0 Å². The standard InChI is InChI=1S/C11H11N3O3/c15-14(16)8-3-4-10-9(5-8)13-11(17-10)12-6-7-1-2-7/h3-5,7H,1-2,6H2,(H,12,13). The highest BCUT2D eigenvalue weighted by Gasteiger charge is 2.21. The van der Waals surface area contributed by atoms with Gasteiger partial charge in [0, 0.05) is 18.7 Å². The Kier molecular flexibility index (Phi) is 2.21. The lowest BCUT2D eigenvalue weighted by Gasteiger charge is -1.96. The number of nitro groups is 1. The van der Waals surface area contributed by atoms with Gasteiger partial charge in [0.1, 0.15) is 5.52 Å². The number of nitrogens with zero attached hydrogens (tertiary/aromatic N) is 2. The Balaban J connectivity index is 1.86. The van der Waals surface area contributed by atoms with Gasteiger partial charge in [-0.05, 0) is 24.8 Å². The topological polar surface area (TPSA) is 81.2 Å². The van der Waals surface area contributed by atoms with Gasteiger partial charge < -0.3 is 9.73 Å². The molecule has 2 aromatic rings. The maximum atomic E-state index is 10.6. The number of benzene rings is 1. The van der Waals surface area contributed by atoms with Crippen LogP contribution in [0, 0.1) is 16.0 Å². The highest BCUT2D eigenvalue weighted by molar-refractivity contribution is 5.77. The fourth-order valence-electron chi connectivity index (χ4n) is 1.66. The van der Waals surface area contributed by atoms with Crippen LogP contribution in [0.1, 0.15) is 12.8 Å². The summed E-state index contributed by atoms with van der Waals surface area (Å²) in [6, 6.07) is 4.84. The molecule has 88 valence electrons. The van der Waals surface area contributed by atoms with Gasteiger partial charge in [-0.25, -0.2) is 0 Å². The Morgan fingerprint density at radius 2 is 2.35 bits per heavy atom. The summed E-state index contributed by atoms with van der Waals surface area (Å²) in [6.07, 6.45) is 2.50. The average molecular weight is 233 g/mol. The van der Waals surface area contributed by atoms with E-state index in [0.29, 0.717) is 17.1 Å². The highest BCUT2D eigenvalue weighted by Crippen LogP contribution is 2.29. The van der Waals surface area contributed by atoms with Gasteiger partial charge in [0.15, 0.2) is 5.58 Å². The van der Waals surface area contributed by atoms with Crippen molar-refractivity contribution in [3.05, 3.63) is 28.3 Å². The van der Waals surface area contributed by atoms with Crippen molar-refractivity contribution < 1.29 is 9.34 Å². The second kappa shape index (κ2) is 3.73. The summed E-state index contributed by atoms with van der Waals surface area (Å²) in [5, 5.41) is 13.7. The first-order chi connectivity index (χ1) is 8.22. The van der Waals surface area contributed by atoms with Crippen molar-refractivity contribution >= 4 is 22.8 Å². The van der Waals surface area contributed by atoms with Gasteiger partial charge in [0.05, 0.1) is 4.92 Å². The summed E-state index contributed by atoms with van der Waals surface area (Å²) >= 11 is 0. The molecule has 1 aliphatic carbocycles.